The van der Waals surface area contributed by atoms with Crippen molar-refractivity contribution in [1.82, 2.24) is 0 Å². The molecule has 33 heavy (non-hydrogen) atoms. The van der Waals surface area contributed by atoms with Crippen LogP contribution in [0.1, 0.15) is 53.0 Å². The Labute approximate surface area is 191 Å². The summed E-state index contributed by atoms with van der Waals surface area (Å²) >= 11 is 0. The lowest BCUT2D eigenvalue weighted by molar-refractivity contribution is -0.136. The number of carbonyl (C=O) groups excluding carboxylic acids is 2. The Morgan fingerprint density at radius 3 is 1.97 bits per heavy atom. The van der Waals surface area contributed by atoms with Crippen LogP contribution in [0.5, 0.6) is 11.5 Å². The molecule has 0 saturated heterocycles. The highest BCUT2D eigenvalue weighted by molar-refractivity contribution is 6.38. The van der Waals surface area contributed by atoms with Gasteiger partial charge in [-0.1, -0.05) is 49.7 Å². The predicted octanol–water partition coefficient (Wildman–Crippen LogP) is 4.85. The Morgan fingerprint density at radius 1 is 0.879 bits per heavy atom. The third kappa shape index (κ3) is 4.02. The number of imide groups is 1. The van der Waals surface area contributed by atoms with E-state index in [4.69, 9.17) is 14.6 Å². The SMILES string of the molecule is CCCCOc1c2c(c(OCC)c3ccccc13)C(=O)N(c1ccc(CC(=O)O)cc1)C2=O. The molecule has 0 bridgehead atoms. The molecule has 1 aliphatic rings. The minimum Gasteiger partial charge on any atom is -0.492 e. The van der Waals surface area contributed by atoms with Crippen LogP contribution in [-0.4, -0.2) is 36.1 Å². The Hall–Kier alpha value is -3.87. The third-order valence-electron chi connectivity index (χ3n) is 5.54. The molecule has 2 amide bonds. The van der Waals surface area contributed by atoms with Crippen LogP contribution in [0.3, 0.4) is 0 Å². The monoisotopic (exact) mass is 447 g/mol. The predicted molar refractivity (Wildman–Crippen MR) is 124 cm³/mol. The van der Waals surface area contributed by atoms with Gasteiger partial charge in [0.15, 0.2) is 0 Å². The molecule has 1 aliphatic heterocycles. The number of nitrogens with zero attached hydrogens (tertiary/aromatic N) is 1. The summed E-state index contributed by atoms with van der Waals surface area (Å²) < 4.78 is 12.0. The number of hydrogen-bond acceptors (Lipinski definition) is 5. The van der Waals surface area contributed by atoms with Crippen LogP contribution >= 0.6 is 0 Å². The summed E-state index contributed by atoms with van der Waals surface area (Å²) in [6, 6.07) is 13.8. The fraction of sp³-hybridized carbons (Fsp3) is 0.269. The second kappa shape index (κ2) is 9.32. The van der Waals surface area contributed by atoms with E-state index < -0.39 is 17.8 Å². The van der Waals surface area contributed by atoms with Gasteiger partial charge in [-0.2, -0.15) is 0 Å². The zero-order valence-corrected chi connectivity index (χ0v) is 18.6. The molecule has 0 atom stereocenters. The van der Waals surface area contributed by atoms with Crippen molar-refractivity contribution < 1.29 is 29.0 Å². The molecule has 3 aromatic carbocycles. The molecule has 3 aromatic rings. The highest BCUT2D eigenvalue weighted by atomic mass is 16.5. The molecule has 0 radical (unpaired) electrons. The van der Waals surface area contributed by atoms with E-state index in [0.717, 1.165) is 23.1 Å². The number of fused-ring (bicyclic) bond motifs is 2. The molecular formula is C26H25NO6. The third-order valence-corrected chi connectivity index (χ3v) is 5.54. The average Bonchev–Trinajstić information content (AvgIpc) is 3.06. The number of unbranched alkanes of at least 4 members (excludes halogenated alkanes) is 1. The molecule has 1 N–H and O–H groups in total. The van der Waals surface area contributed by atoms with E-state index in [1.54, 1.807) is 24.3 Å². The van der Waals surface area contributed by atoms with E-state index in [2.05, 4.69) is 6.92 Å². The molecule has 0 saturated carbocycles. The maximum absolute atomic E-state index is 13.6. The summed E-state index contributed by atoms with van der Waals surface area (Å²) in [5.41, 5.74) is 1.34. The van der Waals surface area contributed by atoms with Crippen molar-refractivity contribution in [1.29, 1.82) is 0 Å². The van der Waals surface area contributed by atoms with Crippen molar-refractivity contribution in [3.63, 3.8) is 0 Å². The van der Waals surface area contributed by atoms with Gasteiger partial charge in [0.2, 0.25) is 0 Å². The van der Waals surface area contributed by atoms with E-state index in [1.165, 1.54) is 0 Å². The lowest BCUT2D eigenvalue weighted by atomic mass is 9.99. The van der Waals surface area contributed by atoms with Gasteiger partial charge in [-0.05, 0) is 31.0 Å². The Kier molecular flexibility index (Phi) is 6.31. The Bertz CT molecular complexity index is 1230. The quantitative estimate of drug-likeness (QED) is 0.373. The van der Waals surface area contributed by atoms with Gasteiger partial charge in [0.25, 0.3) is 11.8 Å². The molecule has 0 unspecified atom stereocenters. The number of carboxylic acids is 1. The van der Waals surface area contributed by atoms with E-state index in [-0.39, 0.29) is 17.5 Å². The van der Waals surface area contributed by atoms with Crippen molar-refractivity contribution in [2.24, 2.45) is 0 Å². The van der Waals surface area contributed by atoms with Gasteiger partial charge in [-0.15, -0.1) is 0 Å². The average molecular weight is 447 g/mol. The molecule has 7 heteroatoms. The first-order chi connectivity index (χ1) is 16.0. The zero-order chi connectivity index (χ0) is 23.5. The van der Waals surface area contributed by atoms with E-state index in [0.29, 0.717) is 41.3 Å². The molecule has 7 nitrogen and oxygen atoms in total. The van der Waals surface area contributed by atoms with Gasteiger partial charge in [0.1, 0.15) is 11.5 Å². The van der Waals surface area contributed by atoms with Crippen molar-refractivity contribution in [2.75, 3.05) is 18.1 Å². The van der Waals surface area contributed by atoms with Crippen LogP contribution in [0.4, 0.5) is 5.69 Å². The maximum Gasteiger partial charge on any atom is 0.307 e. The number of hydrogen-bond donors (Lipinski definition) is 1. The number of carboxylic acid groups (broad SMARTS) is 1. The molecule has 0 fully saturated rings. The lowest BCUT2D eigenvalue weighted by Gasteiger charge is -2.16. The number of aliphatic carboxylic acids is 1. The summed E-state index contributed by atoms with van der Waals surface area (Å²) in [4.78, 5) is 39.2. The fourth-order valence-electron chi connectivity index (χ4n) is 4.03. The van der Waals surface area contributed by atoms with Crippen molar-refractivity contribution in [3.05, 3.63) is 65.2 Å². The number of amides is 2. The van der Waals surface area contributed by atoms with Gasteiger partial charge in [-0.3, -0.25) is 14.4 Å². The van der Waals surface area contributed by atoms with Gasteiger partial charge < -0.3 is 14.6 Å². The van der Waals surface area contributed by atoms with Crippen molar-refractivity contribution >= 4 is 34.2 Å². The number of ether oxygens (including phenoxy) is 2. The van der Waals surface area contributed by atoms with Gasteiger partial charge in [-0.25, -0.2) is 4.90 Å². The summed E-state index contributed by atoms with van der Waals surface area (Å²) in [5, 5.41) is 10.4. The van der Waals surface area contributed by atoms with E-state index >= 15 is 0 Å². The number of carbonyl (C=O) groups is 3. The second-order valence-corrected chi connectivity index (χ2v) is 7.77. The largest absolute Gasteiger partial charge is 0.492 e. The molecule has 170 valence electrons. The fourth-order valence-corrected chi connectivity index (χ4v) is 4.03. The zero-order valence-electron chi connectivity index (χ0n) is 18.6. The summed E-state index contributed by atoms with van der Waals surface area (Å²) in [6.07, 6.45) is 1.60. The number of rotatable bonds is 9. The highest BCUT2D eigenvalue weighted by Gasteiger charge is 2.43. The van der Waals surface area contributed by atoms with Crippen LogP contribution in [0.15, 0.2) is 48.5 Å². The lowest BCUT2D eigenvalue weighted by Crippen LogP contribution is -2.29. The van der Waals surface area contributed by atoms with Crippen LogP contribution < -0.4 is 14.4 Å². The molecule has 1 heterocycles. The van der Waals surface area contributed by atoms with E-state index in [1.807, 2.05) is 31.2 Å². The van der Waals surface area contributed by atoms with Crippen molar-refractivity contribution in [3.8, 4) is 11.5 Å². The first-order valence-corrected chi connectivity index (χ1v) is 11.0. The molecular weight excluding hydrogens is 422 g/mol. The molecule has 4 rings (SSSR count). The first-order valence-electron chi connectivity index (χ1n) is 11.0. The Balaban J connectivity index is 1.87. The summed E-state index contributed by atoms with van der Waals surface area (Å²) in [5.74, 6) is -1.17. The van der Waals surface area contributed by atoms with Gasteiger partial charge in [0, 0.05) is 10.8 Å². The summed E-state index contributed by atoms with van der Waals surface area (Å²) in [6.45, 7) is 4.63. The van der Waals surface area contributed by atoms with Crippen molar-refractivity contribution in [2.45, 2.75) is 33.1 Å². The summed E-state index contributed by atoms with van der Waals surface area (Å²) in [7, 11) is 0. The maximum atomic E-state index is 13.6. The number of benzene rings is 3. The molecule has 0 aliphatic carbocycles. The Morgan fingerprint density at radius 2 is 1.45 bits per heavy atom. The second-order valence-electron chi connectivity index (χ2n) is 7.77. The van der Waals surface area contributed by atoms with Gasteiger partial charge in [0.05, 0.1) is 36.4 Å². The minimum atomic E-state index is -0.953. The standard InChI is InChI=1S/C26H25NO6/c1-3-5-14-33-24-19-9-7-6-8-18(19)23(32-4-2)21-22(24)26(31)27(25(21)30)17-12-10-16(11-13-17)15-20(28)29/h6-13H,3-5,14-15H2,1-2H3,(H,28,29). The minimum absolute atomic E-state index is 0.141. The van der Waals surface area contributed by atoms with Crippen LogP contribution in [0.25, 0.3) is 10.8 Å². The molecule has 0 spiro atoms. The van der Waals surface area contributed by atoms with Crippen LogP contribution in [0, 0.1) is 0 Å². The van der Waals surface area contributed by atoms with Crippen LogP contribution in [0.2, 0.25) is 0 Å². The number of anilines is 1. The van der Waals surface area contributed by atoms with Crippen LogP contribution in [-0.2, 0) is 11.2 Å². The molecule has 0 aromatic heterocycles. The normalized spacial score (nSPS) is 12.8. The highest BCUT2D eigenvalue weighted by Crippen LogP contribution is 2.46. The smallest absolute Gasteiger partial charge is 0.307 e. The van der Waals surface area contributed by atoms with Gasteiger partial charge >= 0.3 is 5.97 Å². The first kappa shape index (κ1) is 22.3. The van der Waals surface area contributed by atoms with E-state index in [9.17, 15) is 14.4 Å². The topological polar surface area (TPSA) is 93.1 Å².